The molecule has 5 fully saturated rings. The number of piperazine rings is 1. The van der Waals surface area contributed by atoms with Crippen molar-refractivity contribution >= 4 is 35.4 Å². The van der Waals surface area contributed by atoms with E-state index in [0.29, 0.717) is 32.5 Å². The van der Waals surface area contributed by atoms with Gasteiger partial charge in [0.2, 0.25) is 23.5 Å². The normalized spacial score (nSPS) is 29.7. The number of carbonyl (C=O) groups excluding carboxylic acids is 6. The molecule has 2 saturated heterocycles. The van der Waals surface area contributed by atoms with Crippen LogP contribution in [0.1, 0.15) is 121 Å². The number of carbonyl (C=O) groups is 6. The molecule has 5 rings (SSSR count). The predicted octanol–water partition coefficient (Wildman–Crippen LogP) is 2.85. The Morgan fingerprint density at radius 3 is 1.77 bits per heavy atom. The van der Waals surface area contributed by atoms with E-state index in [4.69, 9.17) is 5.73 Å². The van der Waals surface area contributed by atoms with E-state index in [2.05, 4.69) is 35.1 Å². The third kappa shape index (κ3) is 7.07. The second-order valence-electron chi connectivity index (χ2n) is 19.6. The van der Waals surface area contributed by atoms with Gasteiger partial charge in [-0.2, -0.15) is 0 Å². The summed E-state index contributed by atoms with van der Waals surface area (Å²) in [5.41, 5.74) is 3.65. The van der Waals surface area contributed by atoms with Crippen molar-refractivity contribution in [1.29, 1.82) is 0 Å². The van der Waals surface area contributed by atoms with E-state index in [0.717, 1.165) is 38.5 Å². The highest BCUT2D eigenvalue weighted by atomic mass is 16.2. The molecule has 0 aromatic heterocycles. The molecule has 292 valence electrons. The quantitative estimate of drug-likeness (QED) is 0.215. The summed E-state index contributed by atoms with van der Waals surface area (Å²) >= 11 is 0. The average Bonchev–Trinajstić information content (AvgIpc) is 3.19. The first-order valence-electron chi connectivity index (χ1n) is 19.5. The molecule has 13 heteroatoms. The highest BCUT2D eigenvalue weighted by Gasteiger charge is 2.85. The molecular weight excluding hydrogens is 662 g/mol. The van der Waals surface area contributed by atoms with E-state index in [1.54, 1.807) is 9.80 Å². The number of nitrogens with zero attached hydrogens (tertiary/aromatic N) is 2. The van der Waals surface area contributed by atoms with Crippen molar-refractivity contribution in [2.45, 2.75) is 157 Å². The van der Waals surface area contributed by atoms with Crippen LogP contribution in [0.3, 0.4) is 0 Å². The number of urea groups is 1. The minimum Gasteiger partial charge on any atom is -0.363 e. The summed E-state index contributed by atoms with van der Waals surface area (Å²) in [6, 6.07) is -4.26. The molecule has 5 aliphatic rings. The van der Waals surface area contributed by atoms with Gasteiger partial charge in [0.05, 0.1) is 6.04 Å². The standard InChI is InChI=1S/C39H65N7O6/c1-22-19-45(20-23(2)41-22)32(50)28(35(3,4)5)43-34(52)44-29(36(6,7)8)33(51)46-21-39(37(9,10)38(39)15-12-16-38)18-26(46)31(49)42-25(27(47)30(40)48)17-24-13-11-14-24/h22-26,28-29,41H,11-21H2,1-10H3,(H2,40,48)(H,42,49)(H2,43,44,52)/t22-,23+,25?,26-,28+,29+,39?/m0/s1. The molecule has 6 amide bonds. The third-order valence-corrected chi connectivity index (χ3v) is 13.7. The summed E-state index contributed by atoms with van der Waals surface area (Å²) in [5.74, 6) is -2.74. The number of rotatable bonds is 10. The molecule has 2 unspecified atom stereocenters. The number of ketones is 1. The van der Waals surface area contributed by atoms with Crippen LogP contribution in [0.2, 0.25) is 0 Å². The first-order chi connectivity index (χ1) is 24.0. The van der Waals surface area contributed by atoms with E-state index >= 15 is 0 Å². The van der Waals surface area contributed by atoms with Gasteiger partial charge >= 0.3 is 6.03 Å². The SMILES string of the molecule is C[C@@H]1CN(C(=O)[C@@H](NC(=O)N[C@H](C(=O)N2CC3(C[C@H]2C(=O)NC(CC2CCC2)C(=O)C(N)=O)C(C)(C)C32CCC2)C(C)(C)C)C(C)(C)C)C[C@H](C)N1. The number of amides is 6. The Kier molecular flexibility index (Phi) is 10.7. The van der Waals surface area contributed by atoms with Crippen LogP contribution in [0.25, 0.3) is 0 Å². The van der Waals surface area contributed by atoms with E-state index in [1.165, 1.54) is 0 Å². The van der Waals surface area contributed by atoms with Crippen LogP contribution >= 0.6 is 0 Å². The maximum atomic E-state index is 14.9. The van der Waals surface area contributed by atoms with Crippen LogP contribution in [-0.4, -0.2) is 101 Å². The van der Waals surface area contributed by atoms with Gasteiger partial charge in [-0.3, -0.25) is 24.0 Å². The Labute approximate surface area is 310 Å². The van der Waals surface area contributed by atoms with Crippen molar-refractivity contribution in [3.63, 3.8) is 0 Å². The van der Waals surface area contributed by atoms with Crippen molar-refractivity contribution in [2.75, 3.05) is 19.6 Å². The molecule has 7 atom stereocenters. The lowest BCUT2D eigenvalue weighted by Gasteiger charge is -2.41. The van der Waals surface area contributed by atoms with Crippen LogP contribution in [0.15, 0.2) is 0 Å². The smallest absolute Gasteiger partial charge is 0.316 e. The van der Waals surface area contributed by atoms with Crippen LogP contribution in [-0.2, 0) is 24.0 Å². The number of hydrogen-bond acceptors (Lipinski definition) is 7. The summed E-state index contributed by atoms with van der Waals surface area (Å²) in [7, 11) is 0. The molecule has 0 aromatic carbocycles. The Morgan fingerprint density at radius 1 is 0.808 bits per heavy atom. The lowest BCUT2D eigenvalue weighted by Crippen LogP contribution is -2.64. The molecule has 0 bridgehead atoms. The van der Waals surface area contributed by atoms with Gasteiger partial charge in [0.25, 0.3) is 5.91 Å². The summed E-state index contributed by atoms with van der Waals surface area (Å²) in [5, 5.41) is 12.2. The van der Waals surface area contributed by atoms with E-state index < -0.39 is 64.5 Å². The summed E-state index contributed by atoms with van der Waals surface area (Å²) < 4.78 is 0. The number of Topliss-reactive ketones (excluding diaryl/α,β-unsaturated/α-hetero) is 1. The lowest BCUT2D eigenvalue weighted by molar-refractivity contribution is -0.143. The monoisotopic (exact) mass is 727 g/mol. The van der Waals surface area contributed by atoms with Gasteiger partial charge in [0.1, 0.15) is 18.1 Å². The van der Waals surface area contributed by atoms with Crippen LogP contribution < -0.4 is 27.0 Å². The number of hydrogen-bond donors (Lipinski definition) is 5. The first kappa shape index (κ1) is 40.0. The fraction of sp³-hybridized carbons (Fsp3) is 0.846. The van der Waals surface area contributed by atoms with Crippen LogP contribution in [0, 0.1) is 33.0 Å². The molecule has 0 aromatic rings. The molecule has 6 N–H and O–H groups in total. The second-order valence-corrected chi connectivity index (χ2v) is 19.6. The second kappa shape index (κ2) is 13.9. The van der Waals surface area contributed by atoms with Gasteiger partial charge in [-0.05, 0) is 67.1 Å². The number of fused-ring (bicyclic) bond motifs is 1. The van der Waals surface area contributed by atoms with Gasteiger partial charge in [0.15, 0.2) is 0 Å². The van der Waals surface area contributed by atoms with Gasteiger partial charge in [-0.1, -0.05) is 81.1 Å². The number of likely N-dealkylation sites (tertiary alicyclic amines) is 1. The van der Waals surface area contributed by atoms with Crippen molar-refractivity contribution in [1.82, 2.24) is 31.1 Å². The van der Waals surface area contributed by atoms with Crippen molar-refractivity contribution in [2.24, 2.45) is 38.7 Å². The minimum absolute atomic E-state index is 0.0171. The maximum Gasteiger partial charge on any atom is 0.316 e. The highest BCUT2D eigenvalue weighted by Crippen LogP contribution is 2.88. The molecule has 13 nitrogen and oxygen atoms in total. The van der Waals surface area contributed by atoms with E-state index in [1.807, 2.05) is 55.4 Å². The zero-order valence-electron chi connectivity index (χ0n) is 33.2. The molecule has 2 heterocycles. The largest absolute Gasteiger partial charge is 0.363 e. The third-order valence-electron chi connectivity index (χ3n) is 13.7. The molecular formula is C39H65N7O6. The zero-order valence-corrected chi connectivity index (χ0v) is 33.2. The topological polar surface area (TPSA) is 183 Å². The lowest BCUT2D eigenvalue weighted by atomic mass is 9.73. The Morgan fingerprint density at radius 2 is 1.35 bits per heavy atom. The Balaban J connectivity index is 1.39. The summed E-state index contributed by atoms with van der Waals surface area (Å²) in [6.07, 6.45) is 6.79. The van der Waals surface area contributed by atoms with Crippen molar-refractivity contribution in [3.8, 4) is 0 Å². The first-order valence-corrected chi connectivity index (χ1v) is 19.5. The van der Waals surface area contributed by atoms with Gasteiger partial charge < -0.3 is 36.8 Å². The van der Waals surface area contributed by atoms with Crippen molar-refractivity contribution in [3.05, 3.63) is 0 Å². The van der Waals surface area contributed by atoms with Gasteiger partial charge in [-0.25, -0.2) is 4.79 Å². The van der Waals surface area contributed by atoms with Crippen molar-refractivity contribution < 1.29 is 28.8 Å². The van der Waals surface area contributed by atoms with E-state index in [-0.39, 0.29) is 40.2 Å². The molecule has 3 saturated carbocycles. The van der Waals surface area contributed by atoms with Gasteiger partial charge in [0, 0.05) is 37.1 Å². The Hall–Kier alpha value is -3.22. The minimum atomic E-state index is -1.09. The summed E-state index contributed by atoms with van der Waals surface area (Å²) in [6.45, 7) is 21.2. The Bertz CT molecular complexity index is 1450. The molecule has 0 radical (unpaired) electrons. The number of nitrogens with one attached hydrogen (secondary N) is 4. The fourth-order valence-electron chi connectivity index (χ4n) is 10.3. The van der Waals surface area contributed by atoms with E-state index in [9.17, 15) is 28.8 Å². The van der Waals surface area contributed by atoms with Crippen LogP contribution in [0.5, 0.6) is 0 Å². The molecule has 2 spiro atoms. The molecule has 52 heavy (non-hydrogen) atoms. The maximum absolute atomic E-state index is 14.9. The fourth-order valence-corrected chi connectivity index (χ4v) is 10.3. The average molecular weight is 728 g/mol. The summed E-state index contributed by atoms with van der Waals surface area (Å²) in [4.78, 5) is 85.3. The highest BCUT2D eigenvalue weighted by molar-refractivity contribution is 6.37. The predicted molar refractivity (Wildman–Crippen MR) is 197 cm³/mol. The van der Waals surface area contributed by atoms with Crippen LogP contribution in [0.4, 0.5) is 4.79 Å². The number of nitrogens with two attached hydrogens (primary N) is 1. The molecule has 3 aliphatic carbocycles. The zero-order chi connectivity index (χ0) is 38.8. The number of primary amides is 1. The molecule has 2 aliphatic heterocycles. The van der Waals surface area contributed by atoms with Gasteiger partial charge in [-0.15, -0.1) is 0 Å².